The Morgan fingerprint density at radius 1 is 1.10 bits per heavy atom. The van der Waals surface area contributed by atoms with Gasteiger partial charge in [-0.25, -0.2) is 15.0 Å². The molecule has 1 aliphatic carbocycles. The monoisotopic (exact) mass is 524 g/mol. The first-order chi connectivity index (χ1) is 18.7. The van der Waals surface area contributed by atoms with Gasteiger partial charge in [0, 0.05) is 43.5 Å². The lowest BCUT2D eigenvalue weighted by atomic mass is 10.0. The summed E-state index contributed by atoms with van der Waals surface area (Å²) in [5.41, 5.74) is 8.92. The normalized spacial score (nSPS) is 19.8. The molecule has 3 aromatic rings. The Bertz CT molecular complexity index is 1420. The Balaban J connectivity index is 1.29. The van der Waals surface area contributed by atoms with E-state index in [0.717, 1.165) is 31.5 Å². The number of carbonyl (C=O) groups excluding carboxylic acids is 2. The molecule has 2 atom stereocenters. The van der Waals surface area contributed by atoms with Gasteiger partial charge in [0.05, 0.1) is 11.3 Å². The molecule has 4 N–H and O–H groups in total. The molecule has 1 saturated heterocycles. The van der Waals surface area contributed by atoms with E-state index >= 15 is 0 Å². The van der Waals surface area contributed by atoms with Gasteiger partial charge in [-0.1, -0.05) is 18.7 Å². The number of nitrogens with two attached hydrogens (primary N) is 1. The Morgan fingerprint density at radius 2 is 1.77 bits per heavy atom. The minimum absolute atomic E-state index is 0.0144. The summed E-state index contributed by atoms with van der Waals surface area (Å²) in [4.78, 5) is 41.2. The number of nitrogen functional groups attached to an aromatic ring is 1. The van der Waals surface area contributed by atoms with Crippen LogP contribution in [-0.2, 0) is 4.79 Å². The van der Waals surface area contributed by atoms with E-state index in [1.165, 1.54) is 17.3 Å². The van der Waals surface area contributed by atoms with E-state index in [0.29, 0.717) is 40.2 Å². The van der Waals surface area contributed by atoms with Crippen LogP contribution in [0.5, 0.6) is 0 Å². The highest BCUT2D eigenvalue weighted by molar-refractivity contribution is 6.16. The molecule has 0 radical (unpaired) electrons. The number of likely N-dealkylation sites (tertiary alicyclic amines) is 1. The van der Waals surface area contributed by atoms with E-state index in [1.54, 1.807) is 37.5 Å². The summed E-state index contributed by atoms with van der Waals surface area (Å²) in [5, 5.41) is 12.4. The van der Waals surface area contributed by atoms with Crippen LogP contribution in [0.25, 0.3) is 0 Å². The quantitative estimate of drug-likeness (QED) is 0.318. The highest BCUT2D eigenvalue weighted by Gasteiger charge is 2.42. The second-order valence-electron chi connectivity index (χ2n) is 10.3. The van der Waals surface area contributed by atoms with Crippen LogP contribution in [0.3, 0.4) is 0 Å². The number of aromatic nitrogens is 3. The number of amides is 2. The lowest BCUT2D eigenvalue weighted by Crippen LogP contribution is -2.30. The molecule has 39 heavy (non-hydrogen) atoms. The van der Waals surface area contributed by atoms with Crippen molar-refractivity contribution in [3.8, 4) is 0 Å². The van der Waals surface area contributed by atoms with Crippen molar-refractivity contribution < 1.29 is 9.59 Å². The summed E-state index contributed by atoms with van der Waals surface area (Å²) < 4.78 is 0. The number of anilines is 3. The van der Waals surface area contributed by atoms with Crippen LogP contribution in [0.2, 0.25) is 0 Å². The molecule has 200 valence electrons. The van der Waals surface area contributed by atoms with Crippen LogP contribution in [0, 0.1) is 24.2 Å². The van der Waals surface area contributed by atoms with Gasteiger partial charge in [0.15, 0.2) is 0 Å². The van der Waals surface area contributed by atoms with Gasteiger partial charge in [0.1, 0.15) is 23.8 Å². The zero-order valence-electron chi connectivity index (χ0n) is 22.1. The molecule has 2 aromatic heterocycles. The first kappa shape index (κ1) is 26.0. The lowest BCUT2D eigenvalue weighted by Gasteiger charge is -2.21. The van der Waals surface area contributed by atoms with E-state index in [-0.39, 0.29) is 29.4 Å². The van der Waals surface area contributed by atoms with Gasteiger partial charge in [0.25, 0.3) is 5.91 Å². The van der Waals surface area contributed by atoms with Gasteiger partial charge < -0.3 is 16.0 Å². The first-order valence-electron chi connectivity index (χ1n) is 12.9. The Hall–Kier alpha value is -4.60. The number of rotatable bonds is 7. The summed E-state index contributed by atoms with van der Waals surface area (Å²) in [7, 11) is 1.69. The maximum atomic E-state index is 13.0. The average Bonchev–Trinajstić information content (AvgIpc) is 3.50. The highest BCUT2D eigenvalue weighted by atomic mass is 16.2. The number of nitrogens with zero attached hydrogens (tertiary/aromatic N) is 5. The summed E-state index contributed by atoms with van der Waals surface area (Å²) in [6.45, 7) is 7.02. The number of carbonyl (C=O) groups is 2. The van der Waals surface area contributed by atoms with Gasteiger partial charge >= 0.3 is 0 Å². The minimum atomic E-state index is -0.198. The summed E-state index contributed by atoms with van der Waals surface area (Å²) >= 11 is 0. The molecule has 2 aliphatic rings. The van der Waals surface area contributed by atoms with E-state index in [4.69, 9.17) is 11.1 Å². The number of nitrogens with one attached hydrogen (secondary N) is 2. The Kier molecular flexibility index (Phi) is 7.10. The summed E-state index contributed by atoms with van der Waals surface area (Å²) in [6.07, 6.45) is 6.25. The van der Waals surface area contributed by atoms with Crippen LogP contribution in [0.15, 0.2) is 61.6 Å². The second kappa shape index (κ2) is 10.6. The van der Waals surface area contributed by atoms with Crippen molar-refractivity contribution in [1.29, 1.82) is 5.41 Å². The number of benzene rings is 1. The van der Waals surface area contributed by atoms with Crippen LogP contribution >= 0.6 is 0 Å². The van der Waals surface area contributed by atoms with Crippen LogP contribution in [0.1, 0.15) is 39.9 Å². The topological polar surface area (TPSA) is 141 Å². The molecule has 2 unspecified atom stereocenters. The molecule has 0 spiro atoms. The van der Waals surface area contributed by atoms with Crippen molar-refractivity contribution in [2.45, 2.75) is 25.8 Å². The molecule has 0 bridgehead atoms. The van der Waals surface area contributed by atoms with E-state index < -0.39 is 0 Å². The van der Waals surface area contributed by atoms with Crippen LogP contribution in [0.4, 0.5) is 17.5 Å². The molecular formula is C29H32N8O2. The zero-order valence-corrected chi connectivity index (χ0v) is 22.1. The maximum Gasteiger partial charge on any atom is 0.259 e. The van der Waals surface area contributed by atoms with Gasteiger partial charge in [-0.2, -0.15) is 0 Å². The third kappa shape index (κ3) is 5.22. The van der Waals surface area contributed by atoms with Gasteiger partial charge in [-0.05, 0) is 67.5 Å². The number of fused-ring (bicyclic) bond motifs is 1. The fourth-order valence-corrected chi connectivity index (χ4v) is 5.60. The van der Waals surface area contributed by atoms with Crippen molar-refractivity contribution in [1.82, 2.24) is 19.9 Å². The van der Waals surface area contributed by atoms with E-state index in [2.05, 4.69) is 26.8 Å². The molecule has 3 heterocycles. The van der Waals surface area contributed by atoms with Gasteiger partial charge in [-0.15, -0.1) is 0 Å². The smallest absolute Gasteiger partial charge is 0.259 e. The Morgan fingerprint density at radius 3 is 2.41 bits per heavy atom. The van der Waals surface area contributed by atoms with Crippen molar-refractivity contribution in [3.05, 3.63) is 83.8 Å². The van der Waals surface area contributed by atoms with Gasteiger partial charge in [0.2, 0.25) is 5.91 Å². The lowest BCUT2D eigenvalue weighted by molar-refractivity contribution is -0.125. The fourth-order valence-electron chi connectivity index (χ4n) is 5.60. The minimum Gasteiger partial charge on any atom is -0.383 e. The molecule has 1 saturated carbocycles. The fraction of sp³-hybridized carbons (Fsp3) is 0.310. The van der Waals surface area contributed by atoms with Crippen molar-refractivity contribution in [3.63, 3.8) is 0 Å². The second-order valence-corrected chi connectivity index (χ2v) is 10.3. The van der Waals surface area contributed by atoms with Gasteiger partial charge in [-0.3, -0.25) is 19.9 Å². The summed E-state index contributed by atoms with van der Waals surface area (Å²) in [6, 6.07) is 10.7. The SMILES string of the molecule is C=CC(=O)N1CC2CC(Nc3ncnc(N)c3C(=N)c3ccc(C(=O)N(C)c4cc(C)ccn4)cc3)CC2C1. The van der Waals surface area contributed by atoms with Crippen LogP contribution in [-0.4, -0.2) is 63.6 Å². The van der Waals surface area contributed by atoms with E-state index in [9.17, 15) is 9.59 Å². The maximum absolute atomic E-state index is 13.0. The van der Waals surface area contributed by atoms with Crippen molar-refractivity contribution in [2.75, 3.05) is 36.1 Å². The number of hydrogen-bond acceptors (Lipinski definition) is 8. The Labute approximate surface area is 227 Å². The molecule has 10 nitrogen and oxygen atoms in total. The average molecular weight is 525 g/mol. The number of aryl methyl sites for hydroxylation is 1. The molecule has 5 rings (SSSR count). The molecule has 2 fully saturated rings. The molecule has 1 aliphatic heterocycles. The molecule has 1 aromatic carbocycles. The zero-order chi connectivity index (χ0) is 27.7. The predicted octanol–water partition coefficient (Wildman–Crippen LogP) is 3.29. The predicted molar refractivity (Wildman–Crippen MR) is 151 cm³/mol. The summed E-state index contributed by atoms with van der Waals surface area (Å²) in [5.74, 6) is 1.93. The van der Waals surface area contributed by atoms with Crippen molar-refractivity contribution >= 4 is 35.0 Å². The van der Waals surface area contributed by atoms with Crippen molar-refractivity contribution in [2.24, 2.45) is 11.8 Å². The third-order valence-corrected chi connectivity index (χ3v) is 7.67. The third-order valence-electron chi connectivity index (χ3n) is 7.67. The van der Waals surface area contributed by atoms with E-state index in [1.807, 2.05) is 24.0 Å². The number of hydrogen-bond donors (Lipinski definition) is 3. The standard InChI is InChI=1S/C29H32N8O2/c1-4-24(38)37-14-20-12-22(13-21(20)15-37)35-28-25(27(31)33-16-34-28)26(30)18-5-7-19(8-6-18)29(39)36(3)23-11-17(2)9-10-32-23/h4-11,16,20-22,30H,1,12-15H2,2-3H3,(H3,31,33,34,35). The largest absolute Gasteiger partial charge is 0.383 e. The molecule has 10 heteroatoms. The van der Waals surface area contributed by atoms with Crippen LogP contribution < -0.4 is 16.0 Å². The highest BCUT2D eigenvalue weighted by Crippen LogP contribution is 2.39. The number of pyridine rings is 1. The molecular weight excluding hydrogens is 492 g/mol. The molecule has 2 amide bonds. The first-order valence-corrected chi connectivity index (χ1v) is 12.9.